The van der Waals surface area contributed by atoms with E-state index in [1.807, 2.05) is 5.32 Å². The van der Waals surface area contributed by atoms with Gasteiger partial charge in [0.25, 0.3) is 0 Å². The van der Waals surface area contributed by atoms with E-state index in [0.717, 1.165) is 6.07 Å². The second-order valence-electron chi connectivity index (χ2n) is 3.18. The van der Waals surface area contributed by atoms with Gasteiger partial charge in [-0.25, -0.2) is 14.0 Å². The maximum Gasteiger partial charge on any atom is 0.328 e. The molecule has 1 atom stereocenters. The Morgan fingerprint density at radius 3 is 2.65 bits per heavy atom. The van der Waals surface area contributed by atoms with E-state index in [9.17, 15) is 14.0 Å². The fourth-order valence-electron chi connectivity index (χ4n) is 1.08. The van der Waals surface area contributed by atoms with Gasteiger partial charge in [-0.2, -0.15) is 0 Å². The van der Waals surface area contributed by atoms with Gasteiger partial charge >= 0.3 is 12.0 Å². The molecule has 0 saturated heterocycles. The molecule has 7 heteroatoms. The van der Waals surface area contributed by atoms with Gasteiger partial charge in [0.15, 0.2) is 6.04 Å². The van der Waals surface area contributed by atoms with Crippen molar-refractivity contribution in [2.45, 2.75) is 6.04 Å². The standard InChI is InChI=1S/C10H11FN2O4/c11-6-2-1-3-7(4-6)12-10(17)13-8(5-14)9(15)16/h1-4,8,14H,5H2,(H,15,16)(H2,12,13,17). The summed E-state index contributed by atoms with van der Waals surface area (Å²) in [5.41, 5.74) is 0.185. The number of rotatable bonds is 4. The molecule has 0 bridgehead atoms. The molecule has 0 spiro atoms. The third-order valence-electron chi connectivity index (χ3n) is 1.87. The largest absolute Gasteiger partial charge is 0.480 e. The number of hydrogen-bond donors (Lipinski definition) is 4. The van der Waals surface area contributed by atoms with E-state index in [4.69, 9.17) is 10.2 Å². The molecule has 0 aliphatic carbocycles. The van der Waals surface area contributed by atoms with E-state index in [1.54, 1.807) is 0 Å². The molecule has 0 aliphatic rings. The molecule has 1 aromatic rings. The predicted molar refractivity (Wildman–Crippen MR) is 57.1 cm³/mol. The van der Waals surface area contributed by atoms with Crippen molar-refractivity contribution in [3.63, 3.8) is 0 Å². The van der Waals surface area contributed by atoms with Crippen LogP contribution in [0.15, 0.2) is 24.3 Å². The summed E-state index contributed by atoms with van der Waals surface area (Å²) < 4.78 is 12.8. The van der Waals surface area contributed by atoms with E-state index >= 15 is 0 Å². The monoisotopic (exact) mass is 242 g/mol. The second kappa shape index (κ2) is 5.80. The van der Waals surface area contributed by atoms with Gasteiger partial charge in [-0.15, -0.1) is 0 Å². The summed E-state index contributed by atoms with van der Waals surface area (Å²) in [4.78, 5) is 21.8. The molecule has 1 rings (SSSR count). The lowest BCUT2D eigenvalue weighted by atomic mass is 10.3. The summed E-state index contributed by atoms with van der Waals surface area (Å²) in [7, 11) is 0. The molecular formula is C10H11FN2O4. The molecule has 6 nitrogen and oxygen atoms in total. The number of benzene rings is 1. The second-order valence-corrected chi connectivity index (χ2v) is 3.18. The third kappa shape index (κ3) is 4.07. The molecule has 2 amide bonds. The third-order valence-corrected chi connectivity index (χ3v) is 1.87. The fourth-order valence-corrected chi connectivity index (χ4v) is 1.08. The van der Waals surface area contributed by atoms with Gasteiger partial charge in [0.2, 0.25) is 0 Å². The number of urea groups is 1. The highest BCUT2D eigenvalue weighted by atomic mass is 19.1. The summed E-state index contributed by atoms with van der Waals surface area (Å²) in [5, 5.41) is 21.5. The Balaban J connectivity index is 2.58. The van der Waals surface area contributed by atoms with Crippen LogP contribution in [-0.2, 0) is 4.79 Å². The van der Waals surface area contributed by atoms with Crippen molar-refractivity contribution in [3.05, 3.63) is 30.1 Å². The molecule has 1 unspecified atom stereocenters. The first-order chi connectivity index (χ1) is 8.02. The maximum absolute atomic E-state index is 12.8. The number of hydrogen-bond acceptors (Lipinski definition) is 3. The van der Waals surface area contributed by atoms with Crippen molar-refractivity contribution >= 4 is 17.7 Å². The first-order valence-corrected chi connectivity index (χ1v) is 4.69. The normalized spacial score (nSPS) is 11.6. The molecule has 17 heavy (non-hydrogen) atoms. The van der Waals surface area contributed by atoms with Gasteiger partial charge in [0, 0.05) is 5.69 Å². The van der Waals surface area contributed by atoms with Crippen molar-refractivity contribution in [1.29, 1.82) is 0 Å². The van der Waals surface area contributed by atoms with E-state index in [1.165, 1.54) is 18.2 Å². The molecule has 92 valence electrons. The van der Waals surface area contributed by atoms with Crippen molar-refractivity contribution < 1.29 is 24.2 Å². The quantitative estimate of drug-likeness (QED) is 0.614. The summed E-state index contributed by atoms with van der Waals surface area (Å²) in [6, 6.07) is 2.88. The molecular weight excluding hydrogens is 231 g/mol. The van der Waals surface area contributed by atoms with Gasteiger partial charge in [-0.05, 0) is 18.2 Å². The number of carboxylic acid groups (broad SMARTS) is 1. The lowest BCUT2D eigenvalue weighted by Crippen LogP contribution is -2.45. The highest BCUT2D eigenvalue weighted by molar-refractivity contribution is 5.92. The molecule has 0 heterocycles. The number of halogens is 1. The van der Waals surface area contributed by atoms with Crippen LogP contribution in [0.3, 0.4) is 0 Å². The van der Waals surface area contributed by atoms with Crippen LogP contribution in [0.5, 0.6) is 0 Å². The Hall–Kier alpha value is -2.15. The van der Waals surface area contributed by atoms with Crippen molar-refractivity contribution in [2.24, 2.45) is 0 Å². The van der Waals surface area contributed by atoms with Crippen LogP contribution >= 0.6 is 0 Å². The lowest BCUT2D eigenvalue weighted by molar-refractivity contribution is -0.140. The molecule has 0 saturated carbocycles. The molecule has 4 N–H and O–H groups in total. The minimum absolute atomic E-state index is 0.185. The minimum atomic E-state index is -1.40. The number of carbonyl (C=O) groups excluding carboxylic acids is 1. The average Bonchev–Trinajstić information content (AvgIpc) is 2.25. The summed E-state index contributed by atoms with van der Waals surface area (Å²) in [6.45, 7) is -0.730. The van der Waals surface area contributed by atoms with Crippen LogP contribution in [0.4, 0.5) is 14.9 Å². The van der Waals surface area contributed by atoms with Gasteiger partial charge in [0.1, 0.15) is 5.82 Å². The number of carbonyl (C=O) groups is 2. The number of aliphatic hydroxyl groups is 1. The Morgan fingerprint density at radius 2 is 2.12 bits per heavy atom. The predicted octanol–water partition coefficient (Wildman–Crippen LogP) is 0.393. The zero-order valence-corrected chi connectivity index (χ0v) is 8.68. The summed E-state index contributed by atoms with van der Waals surface area (Å²) >= 11 is 0. The van der Waals surface area contributed by atoms with Gasteiger partial charge in [-0.1, -0.05) is 6.07 Å². The van der Waals surface area contributed by atoms with E-state index in [2.05, 4.69) is 5.32 Å². The number of carboxylic acids is 1. The summed E-state index contributed by atoms with van der Waals surface area (Å²) in [5.74, 6) is -1.89. The number of nitrogens with one attached hydrogen (secondary N) is 2. The van der Waals surface area contributed by atoms with Crippen molar-refractivity contribution in [3.8, 4) is 0 Å². The lowest BCUT2D eigenvalue weighted by Gasteiger charge is -2.12. The maximum atomic E-state index is 12.8. The van der Waals surface area contributed by atoms with E-state index in [-0.39, 0.29) is 5.69 Å². The first kappa shape index (κ1) is 12.9. The van der Waals surface area contributed by atoms with E-state index < -0.39 is 30.5 Å². The molecule has 0 radical (unpaired) electrons. The first-order valence-electron chi connectivity index (χ1n) is 4.69. The SMILES string of the molecule is O=C(Nc1cccc(F)c1)NC(CO)C(=O)O. The van der Waals surface area contributed by atoms with Crippen LogP contribution in [0.2, 0.25) is 0 Å². The minimum Gasteiger partial charge on any atom is -0.480 e. The van der Waals surface area contributed by atoms with Crippen LogP contribution in [0.25, 0.3) is 0 Å². The smallest absolute Gasteiger partial charge is 0.328 e. The molecule has 1 aromatic carbocycles. The number of amides is 2. The van der Waals surface area contributed by atoms with E-state index in [0.29, 0.717) is 0 Å². The van der Waals surface area contributed by atoms with Crippen LogP contribution in [0.1, 0.15) is 0 Å². The van der Waals surface area contributed by atoms with Crippen LogP contribution in [-0.4, -0.2) is 34.9 Å². The van der Waals surface area contributed by atoms with Crippen molar-refractivity contribution in [2.75, 3.05) is 11.9 Å². The zero-order valence-electron chi connectivity index (χ0n) is 8.68. The number of anilines is 1. The molecule has 0 aromatic heterocycles. The average molecular weight is 242 g/mol. The topological polar surface area (TPSA) is 98.7 Å². The highest BCUT2D eigenvalue weighted by Gasteiger charge is 2.18. The van der Waals surface area contributed by atoms with Crippen LogP contribution < -0.4 is 10.6 Å². The fraction of sp³-hybridized carbons (Fsp3) is 0.200. The zero-order chi connectivity index (χ0) is 12.8. The Labute approximate surface area is 96.1 Å². The Bertz CT molecular complexity index is 425. The number of aliphatic hydroxyl groups excluding tert-OH is 1. The Morgan fingerprint density at radius 1 is 1.41 bits per heavy atom. The van der Waals surface area contributed by atoms with Gasteiger partial charge in [0.05, 0.1) is 6.61 Å². The summed E-state index contributed by atoms with van der Waals surface area (Å²) in [6.07, 6.45) is 0. The van der Waals surface area contributed by atoms with Crippen LogP contribution in [0, 0.1) is 5.82 Å². The van der Waals surface area contributed by atoms with Crippen molar-refractivity contribution in [1.82, 2.24) is 5.32 Å². The molecule has 0 fully saturated rings. The number of aliphatic carboxylic acids is 1. The highest BCUT2D eigenvalue weighted by Crippen LogP contribution is 2.08. The molecule has 0 aliphatic heterocycles. The van der Waals surface area contributed by atoms with Gasteiger partial charge in [-0.3, -0.25) is 0 Å². The Kier molecular flexibility index (Phi) is 4.41. The van der Waals surface area contributed by atoms with Gasteiger partial charge < -0.3 is 20.8 Å².